The van der Waals surface area contributed by atoms with Gasteiger partial charge in [-0.2, -0.15) is 0 Å². The molecule has 1 aliphatic rings. The Morgan fingerprint density at radius 1 is 1.13 bits per heavy atom. The summed E-state index contributed by atoms with van der Waals surface area (Å²) in [5, 5.41) is 15.4. The van der Waals surface area contributed by atoms with Crippen molar-refractivity contribution in [1.29, 1.82) is 0 Å². The average Bonchev–Trinajstić information content (AvgIpc) is 2.61. The number of carboxylic acids is 1. The average molecular weight is 202 g/mol. The van der Waals surface area contributed by atoms with Crippen LogP contribution in [-0.2, 0) is 9.59 Å². The highest BCUT2D eigenvalue weighted by Crippen LogP contribution is 2.26. The number of benzene rings is 1. The molecule has 0 unspecified atom stereocenters. The standard InChI is InChI=1S/C10H6N2O3/c13-9-7(6-4-2-1-3-5-6)8(10(14)15)11-12-9/h1-5H,(H,14,15). The minimum atomic E-state index is -1.25. The zero-order valence-corrected chi connectivity index (χ0v) is 7.54. The van der Waals surface area contributed by atoms with Crippen LogP contribution in [-0.4, -0.2) is 17.0 Å². The first-order valence-corrected chi connectivity index (χ1v) is 4.19. The van der Waals surface area contributed by atoms with Crippen molar-refractivity contribution in [2.45, 2.75) is 0 Å². The van der Waals surface area contributed by atoms with E-state index in [2.05, 4.69) is 10.2 Å². The van der Waals surface area contributed by atoms with Crippen molar-refractivity contribution in [3.63, 3.8) is 0 Å². The van der Waals surface area contributed by atoms with Crippen molar-refractivity contribution in [2.24, 2.45) is 10.2 Å². The van der Waals surface area contributed by atoms with E-state index in [0.717, 1.165) is 0 Å². The Balaban J connectivity index is 2.57. The Hall–Kier alpha value is -2.30. The third-order valence-corrected chi connectivity index (χ3v) is 1.96. The Morgan fingerprint density at radius 2 is 1.80 bits per heavy atom. The Bertz CT molecular complexity index is 489. The molecule has 0 aromatic heterocycles. The molecule has 0 spiro atoms. The van der Waals surface area contributed by atoms with Gasteiger partial charge in [-0.3, -0.25) is 4.79 Å². The quantitative estimate of drug-likeness (QED) is 0.788. The second-order valence-corrected chi connectivity index (χ2v) is 2.90. The minimum absolute atomic E-state index is 0.0445. The zero-order chi connectivity index (χ0) is 10.8. The Labute approximate surface area is 84.8 Å². The first kappa shape index (κ1) is 9.26. The molecule has 15 heavy (non-hydrogen) atoms. The van der Waals surface area contributed by atoms with Crippen LogP contribution in [0.15, 0.2) is 46.3 Å². The number of azo groups is 1. The van der Waals surface area contributed by atoms with Crippen LogP contribution in [0.25, 0.3) is 5.57 Å². The van der Waals surface area contributed by atoms with E-state index < -0.39 is 11.9 Å². The molecule has 1 aromatic rings. The highest BCUT2D eigenvalue weighted by molar-refractivity contribution is 6.26. The lowest BCUT2D eigenvalue weighted by atomic mass is 10.0. The van der Waals surface area contributed by atoms with E-state index in [9.17, 15) is 9.59 Å². The summed E-state index contributed by atoms with van der Waals surface area (Å²) in [4.78, 5) is 22.1. The van der Waals surface area contributed by atoms with Gasteiger partial charge in [-0.15, -0.1) is 10.2 Å². The zero-order valence-electron chi connectivity index (χ0n) is 7.54. The number of amides is 1. The second kappa shape index (κ2) is 3.45. The molecule has 1 aliphatic heterocycles. The SMILES string of the molecule is O=C(O)C1=C(c2ccccc2)C(=O)N=N1. The van der Waals surface area contributed by atoms with Crippen LogP contribution in [0, 0.1) is 0 Å². The van der Waals surface area contributed by atoms with Gasteiger partial charge in [0.15, 0.2) is 5.70 Å². The van der Waals surface area contributed by atoms with E-state index in [0.29, 0.717) is 5.56 Å². The van der Waals surface area contributed by atoms with Gasteiger partial charge in [0, 0.05) is 0 Å². The minimum Gasteiger partial charge on any atom is -0.476 e. The van der Waals surface area contributed by atoms with Gasteiger partial charge in [-0.25, -0.2) is 4.79 Å². The van der Waals surface area contributed by atoms with Gasteiger partial charge in [-0.05, 0) is 5.56 Å². The van der Waals surface area contributed by atoms with Crippen LogP contribution in [0.2, 0.25) is 0 Å². The fourth-order valence-electron chi connectivity index (χ4n) is 1.31. The molecule has 0 atom stereocenters. The van der Waals surface area contributed by atoms with E-state index in [1.54, 1.807) is 30.3 Å². The van der Waals surface area contributed by atoms with E-state index in [1.165, 1.54) is 0 Å². The van der Waals surface area contributed by atoms with Gasteiger partial charge in [0.25, 0.3) is 5.91 Å². The lowest BCUT2D eigenvalue weighted by Gasteiger charge is -1.99. The molecule has 0 fully saturated rings. The smallest absolute Gasteiger partial charge is 0.357 e. The summed E-state index contributed by atoms with van der Waals surface area (Å²) in [6, 6.07) is 8.50. The summed E-state index contributed by atoms with van der Waals surface area (Å²) < 4.78 is 0. The van der Waals surface area contributed by atoms with Crippen molar-refractivity contribution >= 4 is 17.4 Å². The van der Waals surface area contributed by atoms with E-state index in [4.69, 9.17) is 5.11 Å². The number of hydrogen-bond acceptors (Lipinski definition) is 3. The second-order valence-electron chi connectivity index (χ2n) is 2.90. The number of rotatable bonds is 2. The van der Waals surface area contributed by atoms with Crippen molar-refractivity contribution in [3.8, 4) is 0 Å². The lowest BCUT2D eigenvalue weighted by molar-refractivity contribution is -0.132. The molecule has 1 aromatic carbocycles. The number of hydrogen-bond donors (Lipinski definition) is 1. The summed E-state index contributed by atoms with van der Waals surface area (Å²) >= 11 is 0. The summed E-state index contributed by atoms with van der Waals surface area (Å²) in [5.74, 6) is -1.86. The maximum Gasteiger partial charge on any atom is 0.357 e. The number of aliphatic carboxylic acids is 1. The predicted molar refractivity (Wildman–Crippen MR) is 50.9 cm³/mol. The molecule has 5 nitrogen and oxygen atoms in total. The molecule has 5 heteroatoms. The summed E-state index contributed by atoms with van der Waals surface area (Å²) in [6.07, 6.45) is 0. The van der Waals surface area contributed by atoms with Crippen molar-refractivity contribution < 1.29 is 14.7 Å². The number of carboxylic acid groups (broad SMARTS) is 1. The highest BCUT2D eigenvalue weighted by Gasteiger charge is 2.27. The maximum absolute atomic E-state index is 11.3. The molecule has 1 heterocycles. The first-order valence-electron chi connectivity index (χ1n) is 4.19. The Morgan fingerprint density at radius 3 is 2.40 bits per heavy atom. The topological polar surface area (TPSA) is 79.1 Å². The van der Waals surface area contributed by atoms with Gasteiger partial charge < -0.3 is 5.11 Å². The molecular weight excluding hydrogens is 196 g/mol. The third-order valence-electron chi connectivity index (χ3n) is 1.96. The highest BCUT2D eigenvalue weighted by atomic mass is 16.4. The van der Waals surface area contributed by atoms with Crippen molar-refractivity contribution in [2.75, 3.05) is 0 Å². The van der Waals surface area contributed by atoms with Crippen molar-refractivity contribution in [3.05, 3.63) is 41.6 Å². The third kappa shape index (κ3) is 1.54. The van der Waals surface area contributed by atoms with Gasteiger partial charge in [0.05, 0.1) is 5.57 Å². The van der Waals surface area contributed by atoms with Crippen LogP contribution in [0.5, 0.6) is 0 Å². The predicted octanol–water partition coefficient (Wildman–Crippen LogP) is 1.47. The largest absolute Gasteiger partial charge is 0.476 e. The van der Waals surface area contributed by atoms with Crippen LogP contribution < -0.4 is 0 Å². The maximum atomic E-state index is 11.3. The molecule has 0 saturated heterocycles. The Kier molecular flexibility index (Phi) is 2.13. The van der Waals surface area contributed by atoms with Crippen LogP contribution in [0.3, 0.4) is 0 Å². The molecule has 1 amide bonds. The molecule has 2 rings (SSSR count). The van der Waals surface area contributed by atoms with Crippen LogP contribution in [0.4, 0.5) is 0 Å². The van der Waals surface area contributed by atoms with Crippen LogP contribution >= 0.6 is 0 Å². The normalized spacial score (nSPS) is 14.8. The molecule has 0 radical (unpaired) electrons. The molecule has 0 saturated carbocycles. The fourth-order valence-corrected chi connectivity index (χ4v) is 1.31. The monoisotopic (exact) mass is 202 g/mol. The van der Waals surface area contributed by atoms with Crippen LogP contribution in [0.1, 0.15) is 5.56 Å². The number of nitrogens with zero attached hydrogens (tertiary/aromatic N) is 2. The molecule has 74 valence electrons. The van der Waals surface area contributed by atoms with Gasteiger partial charge in [0.1, 0.15) is 0 Å². The van der Waals surface area contributed by atoms with Crippen molar-refractivity contribution in [1.82, 2.24) is 0 Å². The summed E-state index contributed by atoms with van der Waals surface area (Å²) in [7, 11) is 0. The first-order chi connectivity index (χ1) is 7.20. The van der Waals surface area contributed by atoms with Gasteiger partial charge in [0.2, 0.25) is 0 Å². The molecule has 0 aliphatic carbocycles. The number of carbonyl (C=O) groups excluding carboxylic acids is 1. The molecule has 1 N–H and O–H groups in total. The molecule has 0 bridgehead atoms. The van der Waals surface area contributed by atoms with E-state index in [-0.39, 0.29) is 11.3 Å². The molecular formula is C10H6N2O3. The van der Waals surface area contributed by atoms with Gasteiger partial charge in [-0.1, -0.05) is 30.3 Å². The lowest BCUT2D eigenvalue weighted by Crippen LogP contribution is -2.02. The fraction of sp³-hybridized carbons (Fsp3) is 0. The summed E-state index contributed by atoms with van der Waals surface area (Å²) in [5.41, 5.74) is 0.263. The van der Waals surface area contributed by atoms with E-state index in [1.807, 2.05) is 0 Å². The van der Waals surface area contributed by atoms with Gasteiger partial charge >= 0.3 is 5.97 Å². The number of carbonyl (C=O) groups is 2. The summed E-state index contributed by atoms with van der Waals surface area (Å²) in [6.45, 7) is 0. The van der Waals surface area contributed by atoms with E-state index >= 15 is 0 Å².